The number of nitrogens with one attached hydrogen (secondary N) is 6. The van der Waals surface area contributed by atoms with Crippen molar-refractivity contribution in [3.05, 3.63) is 71.5 Å². The van der Waals surface area contributed by atoms with E-state index < -0.39 is 150 Å². The molecule has 0 unspecified atom stereocenters. The molecule has 13 atom stereocenters. The van der Waals surface area contributed by atoms with Gasteiger partial charge in [0.25, 0.3) is 0 Å². The molecule has 0 radical (unpaired) electrons. The second-order valence-corrected chi connectivity index (χ2v) is 21.8. The van der Waals surface area contributed by atoms with E-state index in [1.54, 1.807) is 77.1 Å². The minimum Gasteiger partial charge on any atom is -0.492 e. The van der Waals surface area contributed by atoms with E-state index in [0.717, 1.165) is 23.8 Å². The topological polar surface area (TPSA) is 317 Å². The number of benzene rings is 1. The Bertz CT molecular complexity index is 2380. The lowest BCUT2D eigenvalue weighted by Crippen LogP contribution is -2.62. The van der Waals surface area contributed by atoms with Crippen molar-refractivity contribution < 1.29 is 72.7 Å². The van der Waals surface area contributed by atoms with Gasteiger partial charge in [0.2, 0.25) is 41.4 Å². The third-order valence-electron chi connectivity index (χ3n) is 14.2. The minimum atomic E-state index is -1.96. The van der Waals surface area contributed by atoms with E-state index in [9.17, 15) is 53.7 Å². The second-order valence-electron chi connectivity index (χ2n) is 20.7. The second kappa shape index (κ2) is 30.2. The van der Waals surface area contributed by atoms with Crippen molar-refractivity contribution in [2.24, 2.45) is 17.8 Å². The van der Waals surface area contributed by atoms with E-state index in [4.69, 9.17) is 14.2 Å². The van der Waals surface area contributed by atoms with Gasteiger partial charge in [-0.05, 0) is 74.5 Å². The highest BCUT2D eigenvalue weighted by atomic mass is 32.2. The van der Waals surface area contributed by atoms with E-state index >= 15 is 4.79 Å². The maximum atomic E-state index is 15.3. The third kappa shape index (κ3) is 18.1. The molecule has 7 amide bonds. The fraction of sp³-hybridized carbons (Fsp3) is 0.618. The van der Waals surface area contributed by atoms with Crippen molar-refractivity contribution in [3.63, 3.8) is 0 Å². The van der Waals surface area contributed by atoms with E-state index in [0.29, 0.717) is 29.1 Å². The molecule has 0 aromatic heterocycles. The first-order valence-corrected chi connectivity index (χ1v) is 27.9. The molecule has 432 valence electrons. The van der Waals surface area contributed by atoms with Gasteiger partial charge in [-0.2, -0.15) is 11.8 Å². The van der Waals surface area contributed by atoms with Gasteiger partial charge < -0.3 is 66.3 Å². The number of hydrogen-bond donors (Lipinski definition) is 9. The van der Waals surface area contributed by atoms with E-state index in [1.165, 1.54) is 45.7 Å². The van der Waals surface area contributed by atoms with Crippen molar-refractivity contribution >= 4 is 65.1 Å². The number of amides is 7. The van der Waals surface area contributed by atoms with Crippen LogP contribution in [0.1, 0.15) is 100.0 Å². The Morgan fingerprint density at radius 3 is 2.14 bits per heavy atom. The number of aliphatic hydroxyl groups excluding tert-OH is 2. The molecule has 1 saturated heterocycles. The highest BCUT2D eigenvalue weighted by Crippen LogP contribution is 2.30. The molecule has 4 aliphatic rings. The summed E-state index contributed by atoms with van der Waals surface area (Å²) >= 11 is 1.44. The lowest BCUT2D eigenvalue weighted by atomic mass is 9.92. The van der Waals surface area contributed by atoms with Crippen LogP contribution in [-0.2, 0) is 63.8 Å². The van der Waals surface area contributed by atoms with Crippen molar-refractivity contribution in [1.29, 1.82) is 0 Å². The summed E-state index contributed by atoms with van der Waals surface area (Å²) in [5.74, 6) is -9.88. The Balaban J connectivity index is 2.02. The van der Waals surface area contributed by atoms with Crippen LogP contribution in [0.2, 0.25) is 0 Å². The highest BCUT2D eigenvalue weighted by Gasteiger charge is 2.43. The van der Waals surface area contributed by atoms with E-state index in [-0.39, 0.29) is 25.0 Å². The number of carbonyl (C=O) groups excluding carboxylic acids is 9. The van der Waals surface area contributed by atoms with Gasteiger partial charge in [0.05, 0.1) is 23.9 Å². The van der Waals surface area contributed by atoms with Gasteiger partial charge in [0.15, 0.2) is 6.04 Å². The molecule has 3 heterocycles. The molecular weight excluding hydrogens is 1030 g/mol. The van der Waals surface area contributed by atoms with Gasteiger partial charge >= 0.3 is 11.9 Å². The van der Waals surface area contributed by atoms with Crippen LogP contribution in [0.3, 0.4) is 0 Å². The molecule has 9 N–H and O–H groups in total. The summed E-state index contributed by atoms with van der Waals surface area (Å²) in [4.78, 5) is 130. The summed E-state index contributed by atoms with van der Waals surface area (Å²) < 4.78 is 17.5. The number of rotatable bonds is 14. The summed E-state index contributed by atoms with van der Waals surface area (Å²) in [5, 5.41) is 49.3. The molecule has 0 saturated carbocycles. The lowest BCUT2D eigenvalue weighted by molar-refractivity contribution is -0.160. The third-order valence-corrected chi connectivity index (χ3v) is 15.4. The number of fused-ring (bicyclic) bond motifs is 11. The molecule has 1 aromatic rings. The first-order valence-electron chi connectivity index (χ1n) is 26.7. The zero-order valence-electron chi connectivity index (χ0n) is 46.4. The molecule has 5 rings (SSSR count). The number of hydrogen-bond acceptors (Lipinski definition) is 16. The lowest BCUT2D eigenvalue weighted by Gasteiger charge is -2.35. The highest BCUT2D eigenvalue weighted by molar-refractivity contribution is 7.99. The zero-order valence-corrected chi connectivity index (χ0v) is 47.2. The SMILES string of the molecule is CCCCSC[C@@]1(O)/C=C/C(=O)NCC(=O)OC[C@@H]2NC(=O)[C@@H]([C@@H](C)O)NC(=O)[C@H](Cc3ccccc3)N(C)C(=O)[C@@H](NC(=O)[C@@H]([C@@H](C)CC)NC(=O)[C@@H](NC(=O)[C@H](C)[C@H](O)C(C)C)[C@@H](C)OC2=O)C2=CC=C(CC2)O[C@@H]1C. The number of unbranched alkanes of at least 4 members (excludes halogenated alkanes) is 1. The smallest absolute Gasteiger partial charge is 0.332 e. The van der Waals surface area contributed by atoms with Crippen molar-refractivity contribution in [2.75, 3.05) is 31.7 Å². The Morgan fingerprint density at radius 1 is 0.859 bits per heavy atom. The van der Waals surface area contributed by atoms with Crippen LogP contribution in [-0.4, -0.2) is 171 Å². The molecule has 1 aromatic carbocycles. The van der Waals surface area contributed by atoms with Crippen molar-refractivity contribution in [2.45, 2.75) is 167 Å². The molecule has 78 heavy (non-hydrogen) atoms. The standard InChI is InChI=1S/C55H81N7O15S/c1-11-13-25-78-29-55(74)24-23-41(64)56-27-42(65)75-28-39-54(73)76-34(8)45(60-48(67)32(6)47(66)30(3)4)52(71)58-43(31(5)12-2)50(69)61-46(37-19-21-38(22-20-37)77-35(55)9)53(72)62(10)40(26-36-17-15-14-16-18-36)49(68)59-44(33(7)63)51(70)57-39/h14-19,21,23-24,30-35,39-40,43-47,63,66,74H,11-13,20,22,25-29H2,1-10H3,(H,56,64)(H,57,70)(H,58,71)(H,59,68)(H,60,67)(H,61,69)/b24-23+/t31-,32+,33+,34+,35+,39-,40-,43+,44+,45-,46-,47+,55-/m0/s1. The number of allylic oxidation sites excluding steroid dienone is 3. The molecule has 4 bridgehead atoms. The number of cyclic esters (lactones) is 1. The van der Waals surface area contributed by atoms with Crippen LogP contribution in [0.5, 0.6) is 0 Å². The van der Waals surface area contributed by atoms with Crippen molar-refractivity contribution in [1.82, 2.24) is 36.8 Å². The number of thioether (sulfide) groups is 1. The van der Waals surface area contributed by atoms with Gasteiger partial charge in [-0.25, -0.2) is 4.79 Å². The average molecular weight is 1110 g/mol. The molecule has 22 nitrogen and oxygen atoms in total. The minimum absolute atomic E-state index is 0.0832. The van der Waals surface area contributed by atoms with Gasteiger partial charge in [-0.3, -0.25) is 38.4 Å². The number of aliphatic hydroxyl groups is 3. The van der Waals surface area contributed by atoms with Gasteiger partial charge in [0.1, 0.15) is 61.2 Å². The monoisotopic (exact) mass is 1110 g/mol. The fourth-order valence-corrected chi connectivity index (χ4v) is 9.97. The molecule has 3 aliphatic heterocycles. The van der Waals surface area contributed by atoms with Gasteiger partial charge in [-0.1, -0.05) is 90.8 Å². The van der Waals surface area contributed by atoms with Crippen LogP contribution in [0, 0.1) is 17.8 Å². The Hall–Kier alpha value is -6.30. The predicted octanol–water partition coefficient (Wildman–Crippen LogP) is 1.01. The number of ether oxygens (including phenoxy) is 3. The predicted molar refractivity (Wildman–Crippen MR) is 289 cm³/mol. The molecule has 0 spiro atoms. The largest absolute Gasteiger partial charge is 0.492 e. The Labute approximate surface area is 461 Å². The summed E-state index contributed by atoms with van der Waals surface area (Å²) in [6, 6.07) is -1.38. The van der Waals surface area contributed by atoms with Gasteiger partial charge in [0, 0.05) is 31.7 Å². The van der Waals surface area contributed by atoms with E-state index in [1.807, 2.05) is 6.92 Å². The van der Waals surface area contributed by atoms with Crippen LogP contribution < -0.4 is 31.9 Å². The zero-order chi connectivity index (χ0) is 58.0. The molecular formula is C55H81N7O15S. The maximum absolute atomic E-state index is 15.3. The summed E-state index contributed by atoms with van der Waals surface area (Å²) in [7, 11) is 1.34. The first kappa shape index (κ1) is 64.2. The average Bonchev–Trinajstić information content (AvgIpc) is 3.42. The maximum Gasteiger partial charge on any atom is 0.332 e. The van der Waals surface area contributed by atoms with Crippen LogP contribution in [0.4, 0.5) is 0 Å². The summed E-state index contributed by atoms with van der Waals surface area (Å²) in [6.45, 7) is 12.5. The number of carbonyl (C=O) groups is 9. The number of esters is 2. The molecule has 23 heteroatoms. The normalized spacial score (nSPS) is 28.7. The number of likely N-dealkylation sites (N-methyl/N-ethyl adjacent to an activating group) is 1. The first-order chi connectivity index (χ1) is 36.8. The molecule has 1 fully saturated rings. The quantitative estimate of drug-likeness (QED) is 0.0928. The van der Waals surface area contributed by atoms with Crippen LogP contribution in [0.15, 0.2) is 66.0 Å². The fourth-order valence-electron chi connectivity index (χ4n) is 8.67. The molecule has 1 aliphatic carbocycles. The van der Waals surface area contributed by atoms with Gasteiger partial charge in [-0.15, -0.1) is 0 Å². The Morgan fingerprint density at radius 2 is 1.53 bits per heavy atom. The summed E-state index contributed by atoms with van der Waals surface area (Å²) in [5.41, 5.74) is -0.810. The van der Waals surface area contributed by atoms with Crippen LogP contribution >= 0.6 is 11.8 Å². The number of nitrogens with zero attached hydrogens (tertiary/aromatic N) is 1. The Kier molecular flexibility index (Phi) is 24.8. The summed E-state index contributed by atoms with van der Waals surface area (Å²) in [6.07, 6.45) is 2.13. The van der Waals surface area contributed by atoms with E-state index in [2.05, 4.69) is 31.9 Å². The van der Waals surface area contributed by atoms with Crippen LogP contribution in [0.25, 0.3) is 0 Å². The van der Waals surface area contributed by atoms with Crippen molar-refractivity contribution in [3.8, 4) is 0 Å².